The molecule has 0 fully saturated rings. The van der Waals surface area contributed by atoms with Crippen molar-refractivity contribution in [1.82, 2.24) is 15.3 Å². The van der Waals surface area contributed by atoms with Crippen LogP contribution in [0.15, 0.2) is 48.5 Å². The van der Waals surface area contributed by atoms with Crippen molar-refractivity contribution in [2.75, 3.05) is 6.54 Å². The number of nitrogens with zero attached hydrogens (tertiary/aromatic N) is 1. The first kappa shape index (κ1) is 16.3. The number of amides is 1. The number of carbonyl (C=O) groups is 1. The third-order valence-electron chi connectivity index (χ3n) is 3.58. The first-order chi connectivity index (χ1) is 11.6. The molecule has 0 saturated heterocycles. The zero-order chi connectivity index (χ0) is 16.9. The Hall–Kier alpha value is -2.53. The monoisotopic (exact) mass is 343 g/mol. The largest absolute Gasteiger partial charge is 0.481 e. The van der Waals surface area contributed by atoms with E-state index < -0.39 is 6.10 Å². The zero-order valence-electron chi connectivity index (χ0n) is 13.3. The number of ether oxygens (including phenoxy) is 1. The standard InChI is InChI=1S/C18H18ClN3O2/c1-12(24-14-6-4-5-13(19)11-14)18(23)20-10-9-17-21-15-7-2-3-8-16(15)22-17/h2-8,11-12H,9-10H2,1H3,(H,20,23)(H,21,22)/t12-/m0/s1. The van der Waals surface area contributed by atoms with E-state index in [1.165, 1.54) is 0 Å². The Kier molecular flexibility index (Phi) is 5.01. The predicted octanol–water partition coefficient (Wildman–Crippen LogP) is 3.34. The Labute approximate surface area is 145 Å². The summed E-state index contributed by atoms with van der Waals surface area (Å²) in [5.74, 6) is 1.24. The molecule has 24 heavy (non-hydrogen) atoms. The molecule has 1 atom stereocenters. The molecule has 0 spiro atoms. The third kappa shape index (κ3) is 4.06. The van der Waals surface area contributed by atoms with Crippen LogP contribution in [0.4, 0.5) is 0 Å². The number of nitrogens with one attached hydrogen (secondary N) is 2. The first-order valence-corrected chi connectivity index (χ1v) is 8.13. The highest BCUT2D eigenvalue weighted by Crippen LogP contribution is 2.18. The average Bonchev–Trinajstić information content (AvgIpc) is 2.97. The van der Waals surface area contributed by atoms with Gasteiger partial charge in [0.15, 0.2) is 6.10 Å². The highest BCUT2D eigenvalue weighted by atomic mass is 35.5. The van der Waals surface area contributed by atoms with Crippen molar-refractivity contribution in [1.29, 1.82) is 0 Å². The van der Waals surface area contributed by atoms with Crippen LogP contribution in [0.1, 0.15) is 12.7 Å². The lowest BCUT2D eigenvalue weighted by Crippen LogP contribution is -2.37. The molecule has 1 heterocycles. The molecule has 2 aromatic carbocycles. The smallest absolute Gasteiger partial charge is 0.260 e. The van der Waals surface area contributed by atoms with Crippen molar-refractivity contribution in [2.24, 2.45) is 0 Å². The van der Waals surface area contributed by atoms with E-state index in [1.807, 2.05) is 24.3 Å². The number of carbonyl (C=O) groups excluding carboxylic acids is 1. The van der Waals surface area contributed by atoms with E-state index in [0.717, 1.165) is 16.9 Å². The third-order valence-corrected chi connectivity index (χ3v) is 3.81. The molecule has 5 nitrogen and oxygen atoms in total. The Morgan fingerprint density at radius 1 is 1.29 bits per heavy atom. The van der Waals surface area contributed by atoms with Gasteiger partial charge in [-0.3, -0.25) is 4.79 Å². The predicted molar refractivity (Wildman–Crippen MR) is 94.3 cm³/mol. The summed E-state index contributed by atoms with van der Waals surface area (Å²) in [5, 5.41) is 3.43. The molecule has 3 rings (SSSR count). The van der Waals surface area contributed by atoms with Crippen molar-refractivity contribution in [2.45, 2.75) is 19.4 Å². The van der Waals surface area contributed by atoms with Gasteiger partial charge >= 0.3 is 0 Å². The van der Waals surface area contributed by atoms with E-state index in [0.29, 0.717) is 23.7 Å². The van der Waals surface area contributed by atoms with Gasteiger partial charge in [-0.2, -0.15) is 0 Å². The number of rotatable bonds is 6. The van der Waals surface area contributed by atoms with Crippen molar-refractivity contribution in [3.63, 3.8) is 0 Å². The Morgan fingerprint density at radius 2 is 2.12 bits per heavy atom. The van der Waals surface area contributed by atoms with Gasteiger partial charge in [-0.25, -0.2) is 4.98 Å². The number of halogens is 1. The summed E-state index contributed by atoms with van der Waals surface area (Å²) >= 11 is 5.90. The Balaban J connectivity index is 1.49. The Morgan fingerprint density at radius 3 is 2.92 bits per heavy atom. The molecule has 0 aliphatic carbocycles. The molecule has 0 saturated carbocycles. The molecule has 1 amide bonds. The van der Waals surface area contributed by atoms with Gasteiger partial charge in [0.05, 0.1) is 11.0 Å². The molecule has 0 unspecified atom stereocenters. The molecule has 1 aromatic heterocycles. The number of aromatic nitrogens is 2. The summed E-state index contributed by atoms with van der Waals surface area (Å²) in [4.78, 5) is 19.8. The summed E-state index contributed by atoms with van der Waals surface area (Å²) in [7, 11) is 0. The van der Waals surface area contributed by atoms with E-state index in [-0.39, 0.29) is 5.91 Å². The van der Waals surface area contributed by atoms with Crippen molar-refractivity contribution >= 4 is 28.5 Å². The van der Waals surface area contributed by atoms with Crippen LogP contribution in [0.3, 0.4) is 0 Å². The lowest BCUT2D eigenvalue weighted by Gasteiger charge is -2.14. The number of benzene rings is 2. The molecule has 124 valence electrons. The van der Waals surface area contributed by atoms with Crippen molar-refractivity contribution in [3.8, 4) is 5.75 Å². The quantitative estimate of drug-likeness (QED) is 0.721. The van der Waals surface area contributed by atoms with Crippen LogP contribution in [0.5, 0.6) is 5.75 Å². The highest BCUT2D eigenvalue weighted by molar-refractivity contribution is 6.30. The summed E-state index contributed by atoms with van der Waals surface area (Å²) in [6, 6.07) is 14.8. The zero-order valence-corrected chi connectivity index (χ0v) is 14.0. The molecular weight excluding hydrogens is 326 g/mol. The maximum atomic E-state index is 12.1. The second-order valence-corrected chi connectivity index (χ2v) is 5.90. The van der Waals surface area contributed by atoms with E-state index >= 15 is 0 Å². The van der Waals surface area contributed by atoms with Crippen molar-refractivity contribution in [3.05, 3.63) is 59.4 Å². The van der Waals surface area contributed by atoms with Gasteiger partial charge in [-0.1, -0.05) is 29.8 Å². The van der Waals surface area contributed by atoms with Gasteiger partial charge in [-0.05, 0) is 37.3 Å². The molecule has 0 aliphatic heterocycles. The number of imidazole rings is 1. The molecule has 0 bridgehead atoms. The van der Waals surface area contributed by atoms with Crippen molar-refractivity contribution < 1.29 is 9.53 Å². The van der Waals surface area contributed by atoms with Gasteiger partial charge in [-0.15, -0.1) is 0 Å². The maximum Gasteiger partial charge on any atom is 0.260 e. The summed E-state index contributed by atoms with van der Waals surface area (Å²) < 4.78 is 5.59. The van der Waals surface area contributed by atoms with Crippen LogP contribution in [-0.4, -0.2) is 28.5 Å². The fourth-order valence-corrected chi connectivity index (χ4v) is 2.55. The maximum absolute atomic E-state index is 12.1. The van der Waals surface area contributed by atoms with Gasteiger partial charge < -0.3 is 15.0 Å². The highest BCUT2D eigenvalue weighted by Gasteiger charge is 2.14. The fraction of sp³-hybridized carbons (Fsp3) is 0.222. The minimum atomic E-state index is -0.598. The van der Waals surface area contributed by atoms with Crippen LogP contribution < -0.4 is 10.1 Å². The van der Waals surface area contributed by atoms with E-state index in [2.05, 4.69) is 15.3 Å². The molecule has 0 radical (unpaired) electrons. The van der Waals surface area contributed by atoms with E-state index in [1.54, 1.807) is 31.2 Å². The molecular formula is C18H18ClN3O2. The van der Waals surface area contributed by atoms with Gasteiger partial charge in [0.1, 0.15) is 11.6 Å². The molecule has 3 aromatic rings. The number of hydrogen-bond acceptors (Lipinski definition) is 3. The lowest BCUT2D eigenvalue weighted by molar-refractivity contribution is -0.127. The summed E-state index contributed by atoms with van der Waals surface area (Å²) in [6.45, 7) is 2.19. The molecule has 0 aliphatic rings. The molecule has 2 N–H and O–H groups in total. The van der Waals surface area contributed by atoms with Crippen LogP contribution >= 0.6 is 11.6 Å². The normalized spacial score (nSPS) is 12.1. The molecule has 6 heteroatoms. The van der Waals surface area contributed by atoms with E-state index in [4.69, 9.17) is 16.3 Å². The lowest BCUT2D eigenvalue weighted by atomic mass is 10.3. The number of H-pyrrole nitrogens is 1. The number of fused-ring (bicyclic) bond motifs is 1. The van der Waals surface area contributed by atoms with Gasteiger partial charge in [0, 0.05) is 18.0 Å². The second kappa shape index (κ2) is 7.36. The fourth-order valence-electron chi connectivity index (χ4n) is 2.37. The van der Waals surface area contributed by atoms with Gasteiger partial charge in [0.2, 0.25) is 0 Å². The topological polar surface area (TPSA) is 67.0 Å². The van der Waals surface area contributed by atoms with Crippen LogP contribution in [-0.2, 0) is 11.2 Å². The number of hydrogen-bond donors (Lipinski definition) is 2. The number of aromatic amines is 1. The Bertz CT molecular complexity index is 814. The number of para-hydroxylation sites is 2. The summed E-state index contributed by atoms with van der Waals surface area (Å²) in [6.07, 6.45) is 0.0313. The average molecular weight is 344 g/mol. The minimum Gasteiger partial charge on any atom is -0.481 e. The summed E-state index contributed by atoms with van der Waals surface area (Å²) in [5.41, 5.74) is 1.92. The SMILES string of the molecule is C[C@H](Oc1cccc(Cl)c1)C(=O)NCCc1nc2ccccc2[nH]1. The first-order valence-electron chi connectivity index (χ1n) is 7.75. The van der Waals surface area contributed by atoms with Crippen LogP contribution in [0, 0.1) is 0 Å². The van der Waals surface area contributed by atoms with Gasteiger partial charge in [0.25, 0.3) is 5.91 Å². The minimum absolute atomic E-state index is 0.175. The van der Waals surface area contributed by atoms with Crippen LogP contribution in [0.2, 0.25) is 5.02 Å². The van der Waals surface area contributed by atoms with Crippen LogP contribution in [0.25, 0.3) is 11.0 Å². The van der Waals surface area contributed by atoms with E-state index in [9.17, 15) is 4.79 Å². The second-order valence-electron chi connectivity index (χ2n) is 5.46.